The lowest BCUT2D eigenvalue weighted by Gasteiger charge is -2.23. The molecule has 0 aromatic carbocycles. The number of likely N-dealkylation sites (tertiary alicyclic amines) is 1. The molecule has 0 bridgehead atoms. The smallest absolute Gasteiger partial charge is 0.256 e. The van der Waals surface area contributed by atoms with Crippen LogP contribution in [0.15, 0.2) is 23.9 Å². The van der Waals surface area contributed by atoms with Crippen molar-refractivity contribution in [2.75, 3.05) is 6.54 Å². The van der Waals surface area contributed by atoms with E-state index in [2.05, 4.69) is 0 Å². The quantitative estimate of drug-likeness (QED) is 0.710. The Balaban J connectivity index is 2.34. The lowest BCUT2D eigenvalue weighted by atomic mass is 9.77. The van der Waals surface area contributed by atoms with Gasteiger partial charge in [-0.3, -0.25) is 4.79 Å². The fourth-order valence-corrected chi connectivity index (χ4v) is 2.50. The van der Waals surface area contributed by atoms with Gasteiger partial charge in [-0.2, -0.15) is 0 Å². The number of fused-ring (bicyclic) bond motifs is 1. The second kappa shape index (κ2) is 3.68. The van der Waals surface area contributed by atoms with Gasteiger partial charge in [0.1, 0.15) is 0 Å². The maximum absolute atomic E-state index is 12.4. The number of carbonyl (C=O) groups is 1. The van der Waals surface area contributed by atoms with Crippen LogP contribution in [-0.2, 0) is 4.79 Å². The van der Waals surface area contributed by atoms with Crippen molar-refractivity contribution in [1.29, 1.82) is 0 Å². The Morgan fingerprint density at radius 2 is 2.25 bits per heavy atom. The van der Waals surface area contributed by atoms with E-state index in [1.807, 2.05) is 26.0 Å². The summed E-state index contributed by atoms with van der Waals surface area (Å²) in [5.41, 5.74) is 0.184. The molecule has 16 heavy (non-hydrogen) atoms. The van der Waals surface area contributed by atoms with Gasteiger partial charge in [0.25, 0.3) is 6.43 Å². The van der Waals surface area contributed by atoms with E-state index in [0.29, 0.717) is 0 Å². The third kappa shape index (κ3) is 1.56. The van der Waals surface area contributed by atoms with Crippen LogP contribution < -0.4 is 0 Å². The molecule has 1 heterocycles. The van der Waals surface area contributed by atoms with Gasteiger partial charge in [0.2, 0.25) is 5.91 Å². The molecule has 0 radical (unpaired) electrons. The first kappa shape index (κ1) is 11.3. The summed E-state index contributed by atoms with van der Waals surface area (Å²) in [5.74, 6) is -0.142. The van der Waals surface area contributed by atoms with Gasteiger partial charge in [-0.1, -0.05) is 26.0 Å². The van der Waals surface area contributed by atoms with Crippen molar-refractivity contribution in [2.45, 2.75) is 26.7 Å². The van der Waals surface area contributed by atoms with Crippen LogP contribution in [0.3, 0.4) is 0 Å². The molecule has 0 spiro atoms. The minimum atomic E-state index is -2.48. The predicted molar refractivity (Wildman–Crippen MR) is 56.8 cm³/mol. The zero-order valence-corrected chi connectivity index (χ0v) is 9.41. The minimum absolute atomic E-state index is 0.0451. The summed E-state index contributed by atoms with van der Waals surface area (Å²) in [6, 6.07) is 0. The molecule has 0 saturated carbocycles. The van der Waals surface area contributed by atoms with Crippen molar-refractivity contribution in [1.82, 2.24) is 4.90 Å². The average molecular weight is 227 g/mol. The van der Waals surface area contributed by atoms with Crippen molar-refractivity contribution >= 4 is 5.91 Å². The van der Waals surface area contributed by atoms with E-state index in [9.17, 15) is 13.6 Å². The normalized spacial score (nSPS) is 27.3. The molecule has 1 saturated heterocycles. The van der Waals surface area contributed by atoms with E-state index in [1.165, 1.54) is 4.90 Å². The average Bonchev–Trinajstić information content (AvgIpc) is 2.41. The number of alkyl halides is 2. The fourth-order valence-electron chi connectivity index (χ4n) is 2.50. The van der Waals surface area contributed by atoms with Crippen LogP contribution in [0.1, 0.15) is 20.3 Å². The number of nitrogens with zero attached hydrogens (tertiary/aromatic N) is 1. The third-order valence-electron chi connectivity index (χ3n) is 3.43. The van der Waals surface area contributed by atoms with Crippen LogP contribution >= 0.6 is 0 Å². The van der Waals surface area contributed by atoms with Gasteiger partial charge in [-0.05, 0) is 12.5 Å². The third-order valence-corrected chi connectivity index (χ3v) is 3.43. The summed E-state index contributed by atoms with van der Waals surface area (Å²) in [5, 5.41) is 0. The first-order chi connectivity index (χ1) is 7.44. The highest BCUT2D eigenvalue weighted by atomic mass is 19.3. The maximum Gasteiger partial charge on any atom is 0.256 e. The molecule has 2 rings (SSSR count). The fraction of sp³-hybridized carbons (Fsp3) is 0.583. The van der Waals surface area contributed by atoms with Crippen LogP contribution in [-0.4, -0.2) is 23.8 Å². The van der Waals surface area contributed by atoms with Crippen molar-refractivity contribution in [2.24, 2.45) is 11.3 Å². The zero-order valence-electron chi connectivity index (χ0n) is 9.41. The molecule has 0 aromatic rings. The second-order valence-corrected chi connectivity index (χ2v) is 4.84. The topological polar surface area (TPSA) is 20.3 Å². The Labute approximate surface area is 93.6 Å². The SMILES string of the molecule is CC1(C)C(=O)N(CC(F)F)C2=CC=CCC21. The van der Waals surface area contributed by atoms with Gasteiger partial charge in [-0.15, -0.1) is 0 Å². The number of allylic oxidation sites excluding steroid dienone is 4. The van der Waals surface area contributed by atoms with E-state index in [0.717, 1.165) is 12.1 Å². The molecule has 0 N–H and O–H groups in total. The van der Waals surface area contributed by atoms with Crippen LogP contribution in [0.4, 0.5) is 8.78 Å². The van der Waals surface area contributed by atoms with Crippen molar-refractivity contribution < 1.29 is 13.6 Å². The van der Waals surface area contributed by atoms with Crippen molar-refractivity contribution in [3.8, 4) is 0 Å². The highest BCUT2D eigenvalue weighted by Gasteiger charge is 2.50. The van der Waals surface area contributed by atoms with Crippen LogP contribution in [0.25, 0.3) is 0 Å². The molecule has 1 aliphatic carbocycles. The van der Waals surface area contributed by atoms with E-state index in [1.54, 1.807) is 6.08 Å². The van der Waals surface area contributed by atoms with Gasteiger partial charge in [0.05, 0.1) is 12.0 Å². The molecule has 88 valence electrons. The monoisotopic (exact) mass is 227 g/mol. The number of rotatable bonds is 2. The number of carbonyl (C=O) groups excluding carboxylic acids is 1. The maximum atomic E-state index is 12.4. The number of hydrogen-bond acceptors (Lipinski definition) is 1. The number of amides is 1. The Morgan fingerprint density at radius 1 is 1.56 bits per heavy atom. The Morgan fingerprint density at radius 3 is 2.88 bits per heavy atom. The molecule has 4 heteroatoms. The standard InChI is InChI=1S/C12H15F2NO/c1-12(2)8-5-3-4-6-9(8)15(11(12)16)7-10(13)14/h3-4,6,8,10H,5,7H2,1-2H3. The largest absolute Gasteiger partial charge is 0.310 e. The molecular weight excluding hydrogens is 212 g/mol. The molecule has 1 aliphatic heterocycles. The lowest BCUT2D eigenvalue weighted by molar-refractivity contribution is -0.136. The second-order valence-electron chi connectivity index (χ2n) is 4.84. The first-order valence-electron chi connectivity index (χ1n) is 5.41. The molecule has 1 amide bonds. The van der Waals surface area contributed by atoms with Crippen molar-refractivity contribution in [3.63, 3.8) is 0 Å². The van der Waals surface area contributed by atoms with Gasteiger partial charge in [-0.25, -0.2) is 8.78 Å². The Kier molecular flexibility index (Phi) is 2.60. The summed E-state index contributed by atoms with van der Waals surface area (Å²) in [6.07, 6.45) is 3.87. The van der Waals surface area contributed by atoms with Crippen LogP contribution in [0, 0.1) is 11.3 Å². The highest BCUT2D eigenvalue weighted by Crippen LogP contribution is 2.47. The summed E-state index contributed by atoms with van der Waals surface area (Å²) < 4.78 is 24.9. The Bertz CT molecular complexity index is 371. The molecule has 1 atom stereocenters. The molecule has 1 unspecified atom stereocenters. The van der Waals surface area contributed by atoms with Gasteiger partial charge in [0.15, 0.2) is 0 Å². The highest BCUT2D eigenvalue weighted by molar-refractivity contribution is 5.88. The van der Waals surface area contributed by atoms with E-state index in [-0.39, 0.29) is 11.8 Å². The summed E-state index contributed by atoms with van der Waals surface area (Å²) in [7, 11) is 0. The van der Waals surface area contributed by atoms with Crippen molar-refractivity contribution in [3.05, 3.63) is 23.9 Å². The van der Waals surface area contributed by atoms with E-state index < -0.39 is 18.4 Å². The number of hydrogen-bond donors (Lipinski definition) is 0. The predicted octanol–water partition coefficient (Wildman–Crippen LogP) is 2.58. The summed E-state index contributed by atoms with van der Waals surface area (Å²) in [4.78, 5) is 13.3. The molecule has 2 nitrogen and oxygen atoms in total. The zero-order chi connectivity index (χ0) is 11.9. The van der Waals surface area contributed by atoms with Crippen LogP contribution in [0.5, 0.6) is 0 Å². The summed E-state index contributed by atoms with van der Waals surface area (Å²) in [6.45, 7) is 3.18. The van der Waals surface area contributed by atoms with Gasteiger partial charge < -0.3 is 4.90 Å². The Hall–Kier alpha value is -1.19. The molecule has 0 aromatic heterocycles. The molecule has 2 aliphatic rings. The summed E-state index contributed by atoms with van der Waals surface area (Å²) >= 11 is 0. The van der Waals surface area contributed by atoms with Crippen LogP contribution in [0.2, 0.25) is 0 Å². The molecule has 1 fully saturated rings. The number of halogens is 2. The minimum Gasteiger partial charge on any atom is -0.310 e. The van der Waals surface area contributed by atoms with Gasteiger partial charge in [0, 0.05) is 11.6 Å². The molecular formula is C12H15F2NO. The van der Waals surface area contributed by atoms with E-state index in [4.69, 9.17) is 0 Å². The van der Waals surface area contributed by atoms with E-state index >= 15 is 0 Å². The lowest BCUT2D eigenvalue weighted by Crippen LogP contribution is -2.34. The first-order valence-corrected chi connectivity index (χ1v) is 5.41. The van der Waals surface area contributed by atoms with Gasteiger partial charge >= 0.3 is 0 Å².